The summed E-state index contributed by atoms with van der Waals surface area (Å²) in [5.41, 5.74) is 1.28. The molecule has 0 aromatic heterocycles. The summed E-state index contributed by atoms with van der Waals surface area (Å²) in [4.78, 5) is 11.5. The molecule has 0 bridgehead atoms. The molecule has 3 heteroatoms. The summed E-state index contributed by atoms with van der Waals surface area (Å²) in [5, 5.41) is 11.9. The predicted molar refractivity (Wildman–Crippen MR) is 66.4 cm³/mol. The minimum absolute atomic E-state index is 0.109. The average Bonchev–Trinajstić information content (AvgIpc) is 3.13. The number of nitrogens with one attached hydrogen (secondary N) is 1. The molecule has 0 heterocycles. The van der Waals surface area contributed by atoms with Crippen LogP contribution in [-0.4, -0.2) is 5.91 Å². The molecular weight excluding hydrogens is 212 g/mol. The predicted octanol–water partition coefficient (Wildman–Crippen LogP) is 2.84. The van der Waals surface area contributed by atoms with E-state index in [1.807, 2.05) is 38.1 Å². The Kier molecular flexibility index (Phi) is 2.89. The van der Waals surface area contributed by atoms with Gasteiger partial charge in [-0.15, -0.1) is 0 Å². The molecule has 0 atom stereocenters. The highest BCUT2D eigenvalue weighted by Crippen LogP contribution is 2.30. The van der Waals surface area contributed by atoms with Crippen LogP contribution in [-0.2, 0) is 10.2 Å². The van der Waals surface area contributed by atoms with Crippen molar-refractivity contribution < 1.29 is 4.79 Å². The van der Waals surface area contributed by atoms with E-state index in [1.165, 1.54) is 0 Å². The van der Waals surface area contributed by atoms with Gasteiger partial charge in [0.05, 0.1) is 11.5 Å². The molecule has 0 radical (unpaired) electrons. The van der Waals surface area contributed by atoms with Gasteiger partial charge in [0.2, 0.25) is 5.91 Å². The maximum atomic E-state index is 11.5. The van der Waals surface area contributed by atoms with E-state index in [-0.39, 0.29) is 11.8 Å². The molecule has 3 nitrogen and oxygen atoms in total. The highest BCUT2D eigenvalue weighted by Gasteiger charge is 2.29. The molecule has 1 fully saturated rings. The third-order valence-corrected chi connectivity index (χ3v) is 3.10. The van der Waals surface area contributed by atoms with Crippen molar-refractivity contribution in [3.8, 4) is 6.07 Å². The van der Waals surface area contributed by atoms with Crippen molar-refractivity contribution in [2.24, 2.45) is 5.92 Å². The first-order valence-electron chi connectivity index (χ1n) is 5.85. The molecular formula is C14H16N2O. The Morgan fingerprint density at radius 2 is 1.94 bits per heavy atom. The van der Waals surface area contributed by atoms with E-state index in [0.29, 0.717) is 0 Å². The molecule has 0 saturated heterocycles. The molecule has 0 spiro atoms. The van der Waals surface area contributed by atoms with Gasteiger partial charge in [0.15, 0.2) is 0 Å². The van der Waals surface area contributed by atoms with Crippen LogP contribution in [0.15, 0.2) is 24.3 Å². The molecule has 1 N–H and O–H groups in total. The highest BCUT2D eigenvalue weighted by atomic mass is 16.2. The third-order valence-electron chi connectivity index (χ3n) is 3.10. The molecule has 1 aliphatic carbocycles. The normalized spacial score (nSPS) is 15.1. The van der Waals surface area contributed by atoms with E-state index >= 15 is 0 Å². The number of carbonyl (C=O) groups is 1. The largest absolute Gasteiger partial charge is 0.326 e. The lowest BCUT2D eigenvalue weighted by molar-refractivity contribution is -0.117. The van der Waals surface area contributed by atoms with Gasteiger partial charge in [-0.25, -0.2) is 0 Å². The van der Waals surface area contributed by atoms with Gasteiger partial charge in [0.25, 0.3) is 0 Å². The zero-order valence-corrected chi connectivity index (χ0v) is 10.2. The van der Waals surface area contributed by atoms with Crippen LogP contribution in [0.25, 0.3) is 0 Å². The summed E-state index contributed by atoms with van der Waals surface area (Å²) < 4.78 is 0. The number of amides is 1. The second kappa shape index (κ2) is 4.21. The average molecular weight is 228 g/mol. The number of nitrogens with zero attached hydrogens (tertiary/aromatic N) is 1. The van der Waals surface area contributed by atoms with Crippen molar-refractivity contribution in [1.82, 2.24) is 0 Å². The van der Waals surface area contributed by atoms with Crippen molar-refractivity contribution in [2.75, 3.05) is 5.32 Å². The van der Waals surface area contributed by atoms with Gasteiger partial charge in [-0.1, -0.05) is 12.1 Å². The minimum Gasteiger partial charge on any atom is -0.326 e. The first-order valence-corrected chi connectivity index (χ1v) is 5.85. The summed E-state index contributed by atoms with van der Waals surface area (Å²) in [6.07, 6.45) is 2.01. The lowest BCUT2D eigenvalue weighted by Gasteiger charge is -2.16. The van der Waals surface area contributed by atoms with Crippen molar-refractivity contribution in [3.05, 3.63) is 29.8 Å². The van der Waals surface area contributed by atoms with Crippen LogP contribution in [0.1, 0.15) is 32.3 Å². The quantitative estimate of drug-likeness (QED) is 0.864. The van der Waals surface area contributed by atoms with Gasteiger partial charge in [0.1, 0.15) is 0 Å². The summed E-state index contributed by atoms with van der Waals surface area (Å²) in [5.74, 6) is 0.322. The number of benzene rings is 1. The lowest BCUT2D eigenvalue weighted by atomic mass is 9.86. The highest BCUT2D eigenvalue weighted by molar-refractivity contribution is 5.94. The molecule has 1 aromatic rings. The molecule has 0 aliphatic heterocycles. The van der Waals surface area contributed by atoms with Crippen LogP contribution in [0.5, 0.6) is 0 Å². The Morgan fingerprint density at radius 3 is 2.41 bits per heavy atom. The van der Waals surface area contributed by atoms with E-state index < -0.39 is 5.41 Å². The summed E-state index contributed by atoms with van der Waals surface area (Å²) in [6.45, 7) is 3.76. The fourth-order valence-electron chi connectivity index (χ4n) is 1.62. The summed E-state index contributed by atoms with van der Waals surface area (Å²) in [7, 11) is 0. The molecule has 0 unspecified atom stereocenters. The molecule has 88 valence electrons. The topological polar surface area (TPSA) is 52.9 Å². The van der Waals surface area contributed by atoms with Gasteiger partial charge >= 0.3 is 0 Å². The molecule has 1 aromatic carbocycles. The fourth-order valence-corrected chi connectivity index (χ4v) is 1.62. The smallest absolute Gasteiger partial charge is 0.227 e. The maximum absolute atomic E-state index is 11.5. The maximum Gasteiger partial charge on any atom is 0.227 e. The Bertz CT molecular complexity index is 464. The number of carbonyl (C=O) groups excluding carboxylic acids is 1. The standard InChI is InChI=1S/C14H16N2O/c1-14(2,9-15)11-5-7-12(8-6-11)16-13(17)10-3-4-10/h5-8,10H,3-4H2,1-2H3,(H,16,17). The van der Waals surface area contributed by atoms with Crippen molar-refractivity contribution in [2.45, 2.75) is 32.1 Å². The fraction of sp³-hybridized carbons (Fsp3) is 0.429. The molecule has 2 rings (SSSR count). The van der Waals surface area contributed by atoms with Crippen LogP contribution < -0.4 is 5.32 Å². The van der Waals surface area contributed by atoms with E-state index in [9.17, 15) is 4.79 Å². The monoisotopic (exact) mass is 228 g/mol. The number of rotatable bonds is 3. The Balaban J connectivity index is 2.08. The van der Waals surface area contributed by atoms with Gasteiger partial charge in [-0.05, 0) is 44.4 Å². The second-order valence-corrected chi connectivity index (χ2v) is 5.08. The van der Waals surface area contributed by atoms with Crippen LogP contribution in [0.3, 0.4) is 0 Å². The van der Waals surface area contributed by atoms with Gasteiger partial charge in [0, 0.05) is 11.6 Å². The molecule has 1 aliphatic rings. The van der Waals surface area contributed by atoms with Crippen LogP contribution in [0, 0.1) is 17.2 Å². The zero-order valence-electron chi connectivity index (χ0n) is 10.2. The number of hydrogen-bond donors (Lipinski definition) is 1. The first-order chi connectivity index (χ1) is 8.03. The van der Waals surface area contributed by atoms with Crippen LogP contribution in [0.2, 0.25) is 0 Å². The third kappa shape index (κ3) is 2.65. The zero-order chi connectivity index (χ0) is 12.5. The lowest BCUT2D eigenvalue weighted by Crippen LogP contribution is -2.15. The van der Waals surface area contributed by atoms with Crippen LogP contribution >= 0.6 is 0 Å². The Labute approximate surface area is 101 Å². The van der Waals surface area contributed by atoms with Crippen molar-refractivity contribution >= 4 is 11.6 Å². The van der Waals surface area contributed by atoms with Gasteiger partial charge in [-0.3, -0.25) is 4.79 Å². The summed E-state index contributed by atoms with van der Waals surface area (Å²) in [6, 6.07) is 9.76. The first kappa shape index (κ1) is 11.7. The molecule has 17 heavy (non-hydrogen) atoms. The summed E-state index contributed by atoms with van der Waals surface area (Å²) >= 11 is 0. The van der Waals surface area contributed by atoms with E-state index in [1.54, 1.807) is 0 Å². The minimum atomic E-state index is -0.487. The number of nitriles is 1. The molecule has 1 amide bonds. The Morgan fingerprint density at radius 1 is 1.35 bits per heavy atom. The van der Waals surface area contributed by atoms with Crippen molar-refractivity contribution in [1.29, 1.82) is 5.26 Å². The van der Waals surface area contributed by atoms with E-state index in [4.69, 9.17) is 5.26 Å². The second-order valence-electron chi connectivity index (χ2n) is 5.08. The Hall–Kier alpha value is -1.82. The van der Waals surface area contributed by atoms with E-state index in [2.05, 4.69) is 11.4 Å². The van der Waals surface area contributed by atoms with Gasteiger partial charge in [-0.2, -0.15) is 5.26 Å². The van der Waals surface area contributed by atoms with Crippen molar-refractivity contribution in [3.63, 3.8) is 0 Å². The van der Waals surface area contributed by atoms with E-state index in [0.717, 1.165) is 24.1 Å². The SMILES string of the molecule is CC(C)(C#N)c1ccc(NC(=O)C2CC2)cc1. The van der Waals surface area contributed by atoms with Gasteiger partial charge < -0.3 is 5.32 Å². The van der Waals surface area contributed by atoms with Crippen LogP contribution in [0.4, 0.5) is 5.69 Å². The number of anilines is 1. The molecule has 1 saturated carbocycles. The number of hydrogen-bond acceptors (Lipinski definition) is 2.